The Kier molecular flexibility index (Phi) is 35.8. The first-order valence-corrected chi connectivity index (χ1v) is 6.11. The Hall–Kier alpha value is 1.21. The van der Waals surface area contributed by atoms with Crippen LogP contribution in [-0.4, -0.2) is 34.9 Å². The van der Waals surface area contributed by atoms with Crippen molar-refractivity contribution in [2.75, 3.05) is 13.2 Å². The normalized spacial score (nSPS) is 8.08. The molecule has 1 nitrogen and oxygen atoms in total. The summed E-state index contributed by atoms with van der Waals surface area (Å²) in [5, 5.41) is 2.03. The van der Waals surface area contributed by atoms with Crippen LogP contribution in [0, 0.1) is 0 Å². The van der Waals surface area contributed by atoms with E-state index >= 15 is 0 Å². The third kappa shape index (κ3) is 22.5. The van der Waals surface area contributed by atoms with E-state index in [4.69, 9.17) is 4.74 Å². The van der Waals surface area contributed by atoms with E-state index in [2.05, 4.69) is 13.8 Å². The molecule has 3 heteroatoms. The number of unbranched alkanes of at least 4 members (excludes halogenated alkanes) is 2. The van der Waals surface area contributed by atoms with Crippen LogP contribution in [0.2, 0.25) is 5.05 Å². The summed E-state index contributed by atoms with van der Waals surface area (Å²) in [4.78, 5) is 0. The van der Waals surface area contributed by atoms with Crippen molar-refractivity contribution >= 4 is 21.7 Å². The van der Waals surface area contributed by atoms with Crippen LogP contribution in [0.5, 0.6) is 0 Å². The monoisotopic (exact) mass is 248 g/mol. The molecule has 0 atom stereocenters. The molecular weight excluding hydrogens is 228 g/mol. The predicted molar refractivity (Wildman–Crippen MR) is 52.3 cm³/mol. The minimum atomic E-state index is 0. The third-order valence-electron chi connectivity index (χ3n) is 1.28. The number of halogens is 1. The molecule has 0 saturated carbocycles. The van der Waals surface area contributed by atoms with Crippen LogP contribution in [0.25, 0.3) is 0 Å². The quantitative estimate of drug-likeness (QED) is 0.468. The van der Waals surface area contributed by atoms with Gasteiger partial charge in [0.1, 0.15) is 0 Å². The fourth-order valence-electron chi connectivity index (χ4n) is 0.595. The molecule has 0 N–H and O–H groups in total. The van der Waals surface area contributed by atoms with Crippen molar-refractivity contribution in [3.63, 3.8) is 0 Å². The molecule has 0 amide bonds. The van der Waals surface area contributed by atoms with E-state index in [1.54, 1.807) is 0 Å². The summed E-state index contributed by atoms with van der Waals surface area (Å²) in [6, 6.07) is 0. The summed E-state index contributed by atoms with van der Waals surface area (Å²) in [6.45, 7) is 6.28. The Balaban J connectivity index is -0.000000249. The minimum absolute atomic E-state index is 0. The van der Waals surface area contributed by atoms with Crippen molar-refractivity contribution in [2.45, 2.75) is 44.6 Å². The molecule has 0 aliphatic carbocycles. The molecule has 0 radical (unpaired) electrons. The van der Waals surface area contributed by atoms with Crippen LogP contribution in [0.4, 0.5) is 0 Å². The first kappa shape index (κ1) is 18.9. The van der Waals surface area contributed by atoms with Crippen molar-refractivity contribution in [1.82, 2.24) is 0 Å². The van der Waals surface area contributed by atoms with Gasteiger partial charge in [-0.2, -0.15) is 0 Å². The van der Waals surface area contributed by atoms with E-state index in [0.29, 0.717) is 0 Å². The van der Waals surface area contributed by atoms with Gasteiger partial charge in [-0.05, 0) is 12.8 Å². The van der Waals surface area contributed by atoms with Gasteiger partial charge in [0.15, 0.2) is 0 Å². The molecule has 0 aromatic carbocycles. The molecule has 0 unspecified atom stereocenters. The summed E-state index contributed by atoms with van der Waals surface area (Å²) in [7, 11) is 0. The number of ether oxygens (including phenoxy) is 1. The maximum absolute atomic E-state index is 5.31. The fraction of sp³-hybridized carbons (Fsp3) is 1.00. The van der Waals surface area contributed by atoms with E-state index in [0.717, 1.165) is 13.2 Å². The zero-order chi connectivity index (χ0) is 8.95. The van der Waals surface area contributed by atoms with E-state index in [1.807, 2.05) is 26.8 Å². The van der Waals surface area contributed by atoms with E-state index in [1.165, 1.54) is 25.7 Å². The van der Waals surface area contributed by atoms with Crippen LogP contribution < -0.4 is 17.0 Å². The Bertz CT molecular complexity index is 47.8. The van der Waals surface area contributed by atoms with Gasteiger partial charge >= 0.3 is 26.8 Å². The van der Waals surface area contributed by atoms with Crippen LogP contribution in [-0.2, 0) is 4.74 Å². The Morgan fingerprint density at radius 1 is 0.917 bits per heavy atom. The molecule has 0 aromatic heterocycles. The molecule has 0 heterocycles. The van der Waals surface area contributed by atoms with Gasteiger partial charge < -0.3 is 21.7 Å². The van der Waals surface area contributed by atoms with Gasteiger partial charge in [-0.1, -0.05) is 26.7 Å². The van der Waals surface area contributed by atoms with Gasteiger partial charge in [-0.3, -0.25) is 0 Å². The van der Waals surface area contributed by atoms with Crippen molar-refractivity contribution in [3.05, 3.63) is 0 Å². The van der Waals surface area contributed by atoms with E-state index in [-0.39, 0.29) is 17.0 Å². The number of hydrogen-bond acceptors (Lipinski definition) is 1. The van der Waals surface area contributed by atoms with Crippen molar-refractivity contribution < 1.29 is 21.7 Å². The van der Waals surface area contributed by atoms with E-state index < -0.39 is 0 Å². The number of hydrogen-bond donors (Lipinski definition) is 0. The Labute approximate surface area is 101 Å². The average Bonchev–Trinajstić information content (AvgIpc) is 2.08. The average molecular weight is 249 g/mol. The molecule has 0 spiro atoms. The van der Waals surface area contributed by atoms with Crippen molar-refractivity contribution in [3.8, 4) is 0 Å². The van der Waals surface area contributed by atoms with Crippen LogP contribution in [0.15, 0.2) is 0 Å². The zero-order valence-electron chi connectivity index (χ0n) is 8.74. The molecule has 0 saturated heterocycles. The summed E-state index contributed by atoms with van der Waals surface area (Å²) in [5.41, 5.74) is 0. The second-order valence-corrected chi connectivity index (χ2v) is 2.32. The van der Waals surface area contributed by atoms with Gasteiger partial charge in [0.05, 0.1) is 0 Å². The van der Waals surface area contributed by atoms with Gasteiger partial charge in [0, 0.05) is 13.2 Å². The van der Waals surface area contributed by atoms with Crippen LogP contribution in [0.1, 0.15) is 39.5 Å². The standard InChI is InChI=1S/C8H18O.CH3.BrH.Mg/c1-3-5-7-9-8-6-4-2;;;/h3-8H2,1-2H3;1H3;1H;/q;;;+1/p-1. The van der Waals surface area contributed by atoms with Gasteiger partial charge in [0.2, 0.25) is 0 Å². The van der Waals surface area contributed by atoms with Crippen molar-refractivity contribution in [1.29, 1.82) is 0 Å². The first-order chi connectivity index (χ1) is 5.41. The second-order valence-electron chi connectivity index (χ2n) is 2.32. The van der Waals surface area contributed by atoms with Crippen molar-refractivity contribution in [2.24, 2.45) is 0 Å². The molecule has 0 bridgehead atoms. The summed E-state index contributed by atoms with van der Waals surface area (Å²) >= 11 is 1.86. The Morgan fingerprint density at radius 2 is 1.25 bits per heavy atom. The fourth-order valence-corrected chi connectivity index (χ4v) is 0.595. The molecule has 12 heavy (non-hydrogen) atoms. The molecular formula is C9H21BrMgO. The van der Waals surface area contributed by atoms with Gasteiger partial charge in [-0.25, -0.2) is 0 Å². The van der Waals surface area contributed by atoms with Crippen LogP contribution in [0.3, 0.4) is 0 Å². The molecule has 0 aromatic rings. The molecule has 0 fully saturated rings. The summed E-state index contributed by atoms with van der Waals surface area (Å²) in [6.07, 6.45) is 4.91. The maximum atomic E-state index is 5.31. The Morgan fingerprint density at radius 3 is 1.50 bits per heavy atom. The molecule has 0 aliphatic rings. The summed E-state index contributed by atoms with van der Waals surface area (Å²) in [5.74, 6) is 0. The number of rotatable bonds is 6. The van der Waals surface area contributed by atoms with Crippen LogP contribution >= 0.6 is 0 Å². The SMILES string of the molecule is CCCCOCCCC.[Br-].[CH3][Mg+]. The molecule has 72 valence electrons. The molecule has 0 rings (SSSR count). The topological polar surface area (TPSA) is 9.23 Å². The first-order valence-electron chi connectivity index (χ1n) is 4.70. The molecule has 0 aliphatic heterocycles. The predicted octanol–water partition coefficient (Wildman–Crippen LogP) is -0.190. The zero-order valence-corrected chi connectivity index (χ0v) is 11.7. The second kappa shape index (κ2) is 22.8. The van der Waals surface area contributed by atoms with Gasteiger partial charge in [0.25, 0.3) is 0 Å². The summed E-state index contributed by atoms with van der Waals surface area (Å²) < 4.78 is 5.31. The third-order valence-corrected chi connectivity index (χ3v) is 1.28. The van der Waals surface area contributed by atoms with Gasteiger partial charge in [-0.15, -0.1) is 0 Å². The van der Waals surface area contributed by atoms with E-state index in [9.17, 15) is 0 Å².